The average molecular weight is 402 g/mol. The van der Waals surface area contributed by atoms with Crippen LogP contribution in [0, 0.1) is 5.82 Å². The average Bonchev–Trinajstić information content (AvgIpc) is 3.14. The van der Waals surface area contributed by atoms with Crippen molar-refractivity contribution in [1.29, 1.82) is 0 Å². The molecule has 1 fully saturated rings. The number of hydrogen-bond acceptors (Lipinski definition) is 5. The largest absolute Gasteiger partial charge is 0.399 e. The van der Waals surface area contributed by atoms with E-state index in [0.717, 1.165) is 16.8 Å². The summed E-state index contributed by atoms with van der Waals surface area (Å²) in [5.41, 5.74) is 10.4. The number of hydrogen-bond donors (Lipinski definition) is 2. The lowest BCUT2D eigenvalue weighted by Crippen LogP contribution is -2.48. The minimum atomic E-state index is -0.307. The maximum Gasteiger partial charge on any atom is 0.239 e. The van der Waals surface area contributed by atoms with Crippen molar-refractivity contribution in [2.45, 2.75) is 0 Å². The molecule has 0 saturated carbocycles. The van der Waals surface area contributed by atoms with Gasteiger partial charge in [-0.05, 0) is 36.4 Å². The van der Waals surface area contributed by atoms with Gasteiger partial charge in [0.25, 0.3) is 0 Å². The van der Waals surface area contributed by atoms with Crippen LogP contribution in [0.2, 0.25) is 0 Å². The first-order valence-electron chi connectivity index (χ1n) is 9.61. The van der Waals surface area contributed by atoms with E-state index >= 15 is 0 Å². The summed E-state index contributed by atoms with van der Waals surface area (Å²) < 4.78 is 15.5. The van der Waals surface area contributed by atoms with E-state index in [1.54, 1.807) is 18.3 Å². The Balaban J connectivity index is 1.75. The third kappa shape index (κ3) is 3.12. The fourth-order valence-electron chi connectivity index (χ4n) is 3.73. The van der Waals surface area contributed by atoms with Crippen molar-refractivity contribution in [3.8, 4) is 22.5 Å². The molecule has 0 unspecified atom stereocenters. The SMILES string of the molecule is Nc1ccc(-c2c(-c3ccc(F)cc3)nc3c(N4CCNC(=O)C4)nccn23)cc1. The number of nitrogens with two attached hydrogens (primary N) is 1. The number of piperazine rings is 1. The number of nitrogen functional groups attached to an aromatic ring is 1. The highest BCUT2D eigenvalue weighted by atomic mass is 19.1. The van der Waals surface area contributed by atoms with E-state index in [2.05, 4.69) is 10.3 Å². The van der Waals surface area contributed by atoms with Gasteiger partial charge in [-0.2, -0.15) is 0 Å². The molecule has 1 aliphatic heterocycles. The van der Waals surface area contributed by atoms with Gasteiger partial charge in [-0.3, -0.25) is 9.20 Å². The van der Waals surface area contributed by atoms with Crippen LogP contribution in [0.3, 0.4) is 0 Å². The molecule has 30 heavy (non-hydrogen) atoms. The number of amides is 1. The number of fused-ring (bicyclic) bond motifs is 1. The number of benzene rings is 2. The number of nitrogens with one attached hydrogen (secondary N) is 1. The zero-order valence-electron chi connectivity index (χ0n) is 16.0. The van der Waals surface area contributed by atoms with Gasteiger partial charge in [-0.15, -0.1) is 0 Å². The number of aromatic nitrogens is 3. The molecule has 1 aliphatic rings. The third-order valence-corrected chi connectivity index (χ3v) is 5.16. The first-order chi connectivity index (χ1) is 14.6. The Hall–Kier alpha value is -3.94. The molecule has 0 radical (unpaired) electrons. The number of carbonyl (C=O) groups excluding carboxylic acids is 1. The van der Waals surface area contributed by atoms with Crippen LogP contribution in [0.4, 0.5) is 15.9 Å². The molecule has 0 bridgehead atoms. The van der Waals surface area contributed by atoms with Crippen LogP contribution < -0.4 is 16.0 Å². The molecule has 0 atom stereocenters. The topological polar surface area (TPSA) is 88.5 Å². The molecular weight excluding hydrogens is 383 g/mol. The van der Waals surface area contributed by atoms with Gasteiger partial charge in [0.15, 0.2) is 11.5 Å². The van der Waals surface area contributed by atoms with Crippen LogP contribution in [0.25, 0.3) is 28.2 Å². The predicted octanol–water partition coefficient (Wildman–Crippen LogP) is 2.72. The molecule has 1 amide bonds. The Kier molecular flexibility index (Phi) is 4.31. The van der Waals surface area contributed by atoms with E-state index in [0.29, 0.717) is 35.9 Å². The van der Waals surface area contributed by atoms with Crippen molar-refractivity contribution in [2.75, 3.05) is 30.3 Å². The zero-order chi connectivity index (χ0) is 20.7. The molecule has 2 aromatic carbocycles. The molecule has 0 spiro atoms. The van der Waals surface area contributed by atoms with E-state index in [4.69, 9.17) is 10.7 Å². The minimum Gasteiger partial charge on any atom is -0.399 e. The predicted molar refractivity (Wildman–Crippen MR) is 113 cm³/mol. The van der Waals surface area contributed by atoms with Gasteiger partial charge in [0.2, 0.25) is 5.91 Å². The van der Waals surface area contributed by atoms with Crippen LogP contribution in [-0.4, -0.2) is 39.9 Å². The summed E-state index contributed by atoms with van der Waals surface area (Å²) in [6.45, 7) is 1.43. The van der Waals surface area contributed by atoms with E-state index in [1.807, 2.05) is 39.8 Å². The van der Waals surface area contributed by atoms with Gasteiger partial charge < -0.3 is 16.0 Å². The van der Waals surface area contributed by atoms with Gasteiger partial charge in [0.05, 0.1) is 17.9 Å². The molecule has 2 aromatic heterocycles. The summed E-state index contributed by atoms with van der Waals surface area (Å²) in [4.78, 5) is 23.2. The minimum absolute atomic E-state index is 0.0471. The van der Waals surface area contributed by atoms with E-state index in [-0.39, 0.29) is 18.3 Å². The van der Waals surface area contributed by atoms with Crippen molar-refractivity contribution in [3.05, 3.63) is 66.7 Å². The lowest BCUT2D eigenvalue weighted by Gasteiger charge is -2.27. The lowest BCUT2D eigenvalue weighted by molar-refractivity contribution is -0.120. The van der Waals surface area contributed by atoms with Gasteiger partial charge in [0.1, 0.15) is 5.82 Å². The van der Waals surface area contributed by atoms with Crippen molar-refractivity contribution >= 4 is 23.1 Å². The second-order valence-corrected chi connectivity index (χ2v) is 7.15. The summed E-state index contributed by atoms with van der Waals surface area (Å²) in [6, 6.07) is 13.8. The highest BCUT2D eigenvalue weighted by Gasteiger charge is 2.24. The van der Waals surface area contributed by atoms with Gasteiger partial charge >= 0.3 is 0 Å². The molecular formula is C22H19FN6O. The summed E-state index contributed by atoms with van der Waals surface area (Å²) in [5.74, 6) is 0.282. The van der Waals surface area contributed by atoms with Crippen molar-refractivity contribution in [3.63, 3.8) is 0 Å². The number of carbonyl (C=O) groups is 1. The normalized spacial score (nSPS) is 14.2. The highest BCUT2D eigenvalue weighted by Crippen LogP contribution is 2.35. The molecule has 1 saturated heterocycles. The fraction of sp³-hybridized carbons (Fsp3) is 0.136. The maximum atomic E-state index is 13.5. The van der Waals surface area contributed by atoms with Gasteiger partial charge in [-0.25, -0.2) is 14.4 Å². The Labute approximate surface area is 172 Å². The molecule has 7 nitrogen and oxygen atoms in total. The summed E-state index contributed by atoms with van der Waals surface area (Å²) in [7, 11) is 0. The summed E-state index contributed by atoms with van der Waals surface area (Å²) in [6.07, 6.45) is 3.54. The maximum absolute atomic E-state index is 13.5. The smallest absolute Gasteiger partial charge is 0.239 e. The number of halogens is 1. The number of rotatable bonds is 3. The molecule has 4 aromatic rings. The quantitative estimate of drug-likeness (QED) is 0.515. The summed E-state index contributed by atoms with van der Waals surface area (Å²) in [5, 5.41) is 2.83. The van der Waals surface area contributed by atoms with Gasteiger partial charge in [0, 0.05) is 42.3 Å². The van der Waals surface area contributed by atoms with Crippen molar-refractivity contribution in [2.24, 2.45) is 0 Å². The first kappa shape index (κ1) is 18.1. The number of anilines is 2. The molecule has 5 rings (SSSR count). The molecule has 3 N–H and O–H groups in total. The molecule has 0 aliphatic carbocycles. The van der Waals surface area contributed by atoms with Crippen LogP contribution in [0.15, 0.2) is 60.9 Å². The third-order valence-electron chi connectivity index (χ3n) is 5.16. The Morgan fingerprint density at radius 3 is 2.50 bits per heavy atom. The Morgan fingerprint density at radius 1 is 1.03 bits per heavy atom. The fourth-order valence-corrected chi connectivity index (χ4v) is 3.73. The zero-order valence-corrected chi connectivity index (χ0v) is 16.0. The second kappa shape index (κ2) is 7.14. The Morgan fingerprint density at radius 2 is 1.77 bits per heavy atom. The van der Waals surface area contributed by atoms with Gasteiger partial charge in [-0.1, -0.05) is 12.1 Å². The van der Waals surface area contributed by atoms with Crippen LogP contribution >= 0.6 is 0 Å². The van der Waals surface area contributed by atoms with E-state index in [9.17, 15) is 9.18 Å². The monoisotopic (exact) mass is 402 g/mol. The van der Waals surface area contributed by atoms with Crippen molar-refractivity contribution in [1.82, 2.24) is 19.7 Å². The summed E-state index contributed by atoms with van der Waals surface area (Å²) >= 11 is 0. The van der Waals surface area contributed by atoms with Crippen LogP contribution in [0.5, 0.6) is 0 Å². The van der Waals surface area contributed by atoms with Crippen LogP contribution in [0.1, 0.15) is 0 Å². The van der Waals surface area contributed by atoms with E-state index in [1.165, 1.54) is 12.1 Å². The number of imidazole rings is 1. The van der Waals surface area contributed by atoms with Crippen molar-refractivity contribution < 1.29 is 9.18 Å². The van der Waals surface area contributed by atoms with E-state index < -0.39 is 0 Å². The Bertz CT molecular complexity index is 1230. The molecule has 3 heterocycles. The number of nitrogens with zero attached hydrogens (tertiary/aromatic N) is 4. The molecule has 8 heteroatoms. The first-order valence-corrected chi connectivity index (χ1v) is 9.61. The molecule has 150 valence electrons. The van der Waals surface area contributed by atoms with Crippen LogP contribution in [-0.2, 0) is 4.79 Å². The second-order valence-electron chi connectivity index (χ2n) is 7.15. The standard InChI is InChI=1S/C22H19FN6O/c23-16-5-1-14(2-6-16)19-20(15-3-7-17(24)8-4-15)29-12-10-26-21(22(29)27-19)28-11-9-25-18(30)13-28/h1-8,10,12H,9,11,13,24H2,(H,25,30). The highest BCUT2D eigenvalue weighted by molar-refractivity contribution is 5.87. The lowest BCUT2D eigenvalue weighted by atomic mass is 10.0.